The van der Waals surface area contributed by atoms with Crippen LogP contribution in [0.1, 0.15) is 23.1 Å². The maximum Gasteiger partial charge on any atom is 0.340 e. The van der Waals surface area contributed by atoms with Crippen LogP contribution in [0.15, 0.2) is 18.6 Å². The molecule has 21 heavy (non-hydrogen) atoms. The Hall–Kier alpha value is -2.64. The van der Waals surface area contributed by atoms with Crippen molar-refractivity contribution in [2.75, 3.05) is 24.2 Å². The largest absolute Gasteiger partial charge is 0.462 e. The Bertz CT molecular complexity index is 625. The second-order valence-electron chi connectivity index (χ2n) is 4.35. The van der Waals surface area contributed by atoms with E-state index in [9.17, 15) is 4.79 Å². The van der Waals surface area contributed by atoms with Gasteiger partial charge in [0.15, 0.2) is 5.82 Å². The van der Waals surface area contributed by atoms with Crippen LogP contribution in [-0.2, 0) is 18.2 Å². The van der Waals surface area contributed by atoms with E-state index in [0.717, 1.165) is 5.82 Å². The fraction of sp³-hybridized carbons (Fsp3) is 0.385. The minimum absolute atomic E-state index is 0.282. The highest BCUT2D eigenvalue weighted by molar-refractivity contribution is 5.97. The van der Waals surface area contributed by atoms with E-state index in [0.29, 0.717) is 31.0 Å². The molecule has 0 saturated heterocycles. The van der Waals surface area contributed by atoms with Crippen molar-refractivity contribution < 1.29 is 9.53 Å². The highest BCUT2D eigenvalue weighted by Crippen LogP contribution is 2.20. The number of carbonyl (C=O) groups is 1. The average molecular weight is 290 g/mol. The predicted molar refractivity (Wildman–Crippen MR) is 77.8 cm³/mol. The van der Waals surface area contributed by atoms with Crippen LogP contribution in [-0.4, -0.2) is 38.9 Å². The summed E-state index contributed by atoms with van der Waals surface area (Å²) in [5.41, 5.74) is 6.53. The molecule has 0 aromatic carbocycles. The molecule has 2 rings (SSSR count). The lowest BCUT2D eigenvalue weighted by Crippen LogP contribution is -2.13. The van der Waals surface area contributed by atoms with Crippen LogP contribution in [0, 0.1) is 0 Å². The Balaban J connectivity index is 2.00. The number of anilines is 2. The van der Waals surface area contributed by atoms with Crippen molar-refractivity contribution in [1.82, 2.24) is 19.7 Å². The van der Waals surface area contributed by atoms with Crippen molar-refractivity contribution in [2.45, 2.75) is 13.3 Å². The molecule has 8 heteroatoms. The van der Waals surface area contributed by atoms with Crippen LogP contribution < -0.4 is 11.1 Å². The molecule has 2 aromatic rings. The van der Waals surface area contributed by atoms with Crippen LogP contribution >= 0.6 is 0 Å². The second kappa shape index (κ2) is 6.69. The summed E-state index contributed by atoms with van der Waals surface area (Å²) in [5, 5.41) is 7.25. The number of carbonyl (C=O) groups excluding carboxylic acids is 1. The normalized spacial score (nSPS) is 10.4. The molecule has 0 bridgehead atoms. The minimum atomic E-state index is -0.452. The number of hydrogen-bond donors (Lipinski definition) is 2. The molecule has 0 unspecified atom stereocenters. The van der Waals surface area contributed by atoms with Crippen molar-refractivity contribution in [1.29, 1.82) is 0 Å². The first kappa shape index (κ1) is 14.8. The topological polar surface area (TPSA) is 108 Å². The van der Waals surface area contributed by atoms with Gasteiger partial charge >= 0.3 is 5.97 Å². The molecule has 2 aromatic heterocycles. The van der Waals surface area contributed by atoms with E-state index >= 15 is 0 Å². The van der Waals surface area contributed by atoms with Gasteiger partial charge in [0.05, 0.1) is 17.9 Å². The van der Waals surface area contributed by atoms with Gasteiger partial charge in [-0.3, -0.25) is 4.68 Å². The number of pyridine rings is 1. The van der Waals surface area contributed by atoms with Crippen molar-refractivity contribution in [3.8, 4) is 0 Å². The van der Waals surface area contributed by atoms with E-state index in [-0.39, 0.29) is 5.69 Å². The number of ether oxygens (including phenoxy) is 1. The van der Waals surface area contributed by atoms with Gasteiger partial charge in [-0.1, -0.05) is 0 Å². The number of nitrogens with two attached hydrogens (primary N) is 1. The summed E-state index contributed by atoms with van der Waals surface area (Å²) in [7, 11) is 1.81. The minimum Gasteiger partial charge on any atom is -0.462 e. The van der Waals surface area contributed by atoms with Crippen LogP contribution in [0.4, 0.5) is 11.5 Å². The summed E-state index contributed by atoms with van der Waals surface area (Å²) >= 11 is 0. The standard InChI is InChI=1S/C13H18N6O2/c1-3-21-13(20)9-4-6-15-12(11(9)14)16-7-5-10-17-8-19(2)18-10/h4,6,8H,3,5,7,14H2,1-2H3,(H,15,16). The van der Waals surface area contributed by atoms with Gasteiger partial charge in [0.1, 0.15) is 12.1 Å². The predicted octanol–water partition coefficient (Wildman–Crippen LogP) is 0.624. The molecule has 112 valence electrons. The molecular weight excluding hydrogens is 272 g/mol. The number of nitrogens with zero attached hydrogens (tertiary/aromatic N) is 4. The van der Waals surface area contributed by atoms with E-state index in [1.807, 2.05) is 7.05 Å². The Labute approximate surface area is 122 Å². The quantitative estimate of drug-likeness (QED) is 0.751. The van der Waals surface area contributed by atoms with Crippen LogP contribution in [0.2, 0.25) is 0 Å². The maximum atomic E-state index is 11.7. The molecule has 3 N–H and O–H groups in total. The zero-order chi connectivity index (χ0) is 15.2. The number of esters is 1. The van der Waals surface area contributed by atoms with Gasteiger partial charge in [0.25, 0.3) is 0 Å². The molecular formula is C13H18N6O2. The van der Waals surface area contributed by atoms with Gasteiger partial charge in [0.2, 0.25) is 0 Å². The zero-order valence-electron chi connectivity index (χ0n) is 12.0. The SMILES string of the molecule is CCOC(=O)c1ccnc(NCCc2ncn(C)n2)c1N. The third kappa shape index (κ3) is 3.68. The van der Waals surface area contributed by atoms with Crippen LogP contribution in [0.5, 0.6) is 0 Å². The number of hydrogen-bond acceptors (Lipinski definition) is 7. The van der Waals surface area contributed by atoms with Gasteiger partial charge in [-0.05, 0) is 13.0 Å². The molecule has 0 aliphatic rings. The molecule has 8 nitrogen and oxygen atoms in total. The smallest absolute Gasteiger partial charge is 0.340 e. The molecule has 0 radical (unpaired) electrons. The van der Waals surface area contributed by atoms with Gasteiger partial charge in [0, 0.05) is 26.2 Å². The highest BCUT2D eigenvalue weighted by atomic mass is 16.5. The van der Waals surface area contributed by atoms with E-state index in [1.54, 1.807) is 24.0 Å². The third-order valence-electron chi connectivity index (χ3n) is 2.77. The van der Waals surface area contributed by atoms with Crippen molar-refractivity contribution in [2.24, 2.45) is 7.05 Å². The van der Waals surface area contributed by atoms with Gasteiger partial charge in [-0.25, -0.2) is 14.8 Å². The van der Waals surface area contributed by atoms with Crippen molar-refractivity contribution in [3.63, 3.8) is 0 Å². The van der Waals surface area contributed by atoms with Gasteiger partial charge in [-0.15, -0.1) is 0 Å². The second-order valence-corrected chi connectivity index (χ2v) is 4.35. The Morgan fingerprint density at radius 1 is 1.48 bits per heavy atom. The lowest BCUT2D eigenvalue weighted by molar-refractivity contribution is 0.0527. The Kier molecular flexibility index (Phi) is 4.70. The zero-order valence-corrected chi connectivity index (χ0v) is 12.0. The van der Waals surface area contributed by atoms with Gasteiger partial charge < -0.3 is 15.8 Å². The molecule has 0 aliphatic carbocycles. The number of nitrogens with one attached hydrogen (secondary N) is 1. The van der Waals surface area contributed by atoms with Gasteiger partial charge in [-0.2, -0.15) is 5.10 Å². The summed E-state index contributed by atoms with van der Waals surface area (Å²) in [6.45, 7) is 2.61. The summed E-state index contributed by atoms with van der Waals surface area (Å²) < 4.78 is 6.59. The molecule has 0 aliphatic heterocycles. The van der Waals surface area contributed by atoms with E-state index in [2.05, 4.69) is 20.4 Å². The molecule has 0 amide bonds. The number of rotatable bonds is 6. The summed E-state index contributed by atoms with van der Waals surface area (Å²) in [4.78, 5) is 20.0. The molecule has 0 atom stereocenters. The van der Waals surface area contributed by atoms with Crippen molar-refractivity contribution >= 4 is 17.5 Å². The van der Waals surface area contributed by atoms with Crippen molar-refractivity contribution in [3.05, 3.63) is 30.0 Å². The average Bonchev–Trinajstić information content (AvgIpc) is 2.86. The first-order chi connectivity index (χ1) is 10.1. The maximum absolute atomic E-state index is 11.7. The van der Waals surface area contributed by atoms with E-state index in [4.69, 9.17) is 10.5 Å². The van der Waals surface area contributed by atoms with E-state index in [1.165, 1.54) is 6.20 Å². The first-order valence-electron chi connectivity index (χ1n) is 6.61. The Morgan fingerprint density at radius 3 is 2.95 bits per heavy atom. The molecule has 0 fully saturated rings. The fourth-order valence-electron chi connectivity index (χ4n) is 1.79. The lowest BCUT2D eigenvalue weighted by atomic mass is 10.2. The number of aromatic nitrogens is 4. The monoisotopic (exact) mass is 290 g/mol. The fourth-order valence-corrected chi connectivity index (χ4v) is 1.79. The first-order valence-corrected chi connectivity index (χ1v) is 6.61. The third-order valence-corrected chi connectivity index (χ3v) is 2.77. The summed E-state index contributed by atoms with van der Waals surface area (Å²) in [5.74, 6) is 0.730. The molecule has 0 saturated carbocycles. The van der Waals surface area contributed by atoms with Crippen LogP contribution in [0.25, 0.3) is 0 Å². The molecule has 2 heterocycles. The summed E-state index contributed by atoms with van der Waals surface area (Å²) in [6.07, 6.45) is 3.79. The lowest BCUT2D eigenvalue weighted by Gasteiger charge is -2.10. The summed E-state index contributed by atoms with van der Waals surface area (Å²) in [6, 6.07) is 1.54. The van der Waals surface area contributed by atoms with E-state index < -0.39 is 5.97 Å². The highest BCUT2D eigenvalue weighted by Gasteiger charge is 2.14. The Morgan fingerprint density at radius 2 is 2.29 bits per heavy atom. The number of aryl methyl sites for hydroxylation is 1. The molecule has 0 spiro atoms. The number of nitrogen functional groups attached to an aromatic ring is 1. The van der Waals surface area contributed by atoms with Crippen LogP contribution in [0.3, 0.4) is 0 Å².